The number of hydrogen-bond acceptors (Lipinski definition) is 3. The number of rotatable bonds is 4. The Balaban J connectivity index is 2.17. The van der Waals surface area contributed by atoms with Crippen LogP contribution in [-0.2, 0) is 11.2 Å². The van der Waals surface area contributed by atoms with Crippen molar-refractivity contribution in [2.45, 2.75) is 6.42 Å². The number of aliphatic carboxylic acids is 1. The van der Waals surface area contributed by atoms with Crippen molar-refractivity contribution in [3.63, 3.8) is 0 Å². The first-order chi connectivity index (χ1) is 9.95. The predicted octanol–water partition coefficient (Wildman–Crippen LogP) is 3.27. The van der Waals surface area contributed by atoms with Crippen LogP contribution in [0.5, 0.6) is 0 Å². The summed E-state index contributed by atoms with van der Waals surface area (Å²) in [5.74, 6) is -1.39. The molecule has 1 aromatic carbocycles. The molecule has 2 N–H and O–H groups in total. The summed E-state index contributed by atoms with van der Waals surface area (Å²) in [6, 6.07) is 9.50. The molecule has 1 amide bonds. The molecule has 2 aromatic rings. The van der Waals surface area contributed by atoms with E-state index in [0.29, 0.717) is 11.3 Å². The van der Waals surface area contributed by atoms with Crippen molar-refractivity contribution in [1.29, 1.82) is 0 Å². The van der Waals surface area contributed by atoms with E-state index in [2.05, 4.69) is 10.3 Å². The van der Waals surface area contributed by atoms with Crippen molar-refractivity contribution in [2.75, 3.05) is 5.32 Å². The zero-order chi connectivity index (χ0) is 15.4. The Labute approximate surface area is 130 Å². The fraction of sp³-hybridized carbons (Fsp3) is 0.0714. The number of amides is 1. The van der Waals surface area contributed by atoms with E-state index >= 15 is 0 Å². The van der Waals surface area contributed by atoms with Crippen molar-refractivity contribution in [2.24, 2.45) is 0 Å². The number of carboxylic acid groups (broad SMARTS) is 1. The fourth-order valence-corrected chi connectivity index (χ4v) is 2.14. The van der Waals surface area contributed by atoms with Gasteiger partial charge in [0.15, 0.2) is 0 Å². The van der Waals surface area contributed by atoms with E-state index in [1.807, 2.05) is 0 Å². The van der Waals surface area contributed by atoms with E-state index in [-0.39, 0.29) is 22.3 Å². The third-order valence-corrected chi connectivity index (χ3v) is 3.10. The number of carboxylic acids is 1. The molecule has 108 valence electrons. The van der Waals surface area contributed by atoms with Gasteiger partial charge >= 0.3 is 5.97 Å². The summed E-state index contributed by atoms with van der Waals surface area (Å²) in [6.07, 6.45) is -0.118. The minimum Gasteiger partial charge on any atom is -0.481 e. The quantitative estimate of drug-likeness (QED) is 0.846. The molecule has 7 heteroatoms. The molecular weight excluding hydrogens is 315 g/mol. The molecule has 21 heavy (non-hydrogen) atoms. The minimum absolute atomic E-state index is 0.00157. The van der Waals surface area contributed by atoms with Crippen LogP contribution in [0.3, 0.4) is 0 Å². The molecule has 0 fully saturated rings. The zero-order valence-electron chi connectivity index (χ0n) is 10.6. The van der Waals surface area contributed by atoms with Gasteiger partial charge in [0, 0.05) is 5.69 Å². The van der Waals surface area contributed by atoms with Gasteiger partial charge in [-0.25, -0.2) is 4.98 Å². The highest BCUT2D eigenvalue weighted by Gasteiger charge is 2.12. The number of carbonyl (C=O) groups excluding carboxylic acids is 1. The molecule has 0 radical (unpaired) electrons. The number of hydrogen-bond donors (Lipinski definition) is 2. The number of pyridine rings is 1. The number of halogens is 2. The van der Waals surface area contributed by atoms with E-state index in [4.69, 9.17) is 28.3 Å². The Morgan fingerprint density at radius 3 is 2.62 bits per heavy atom. The maximum Gasteiger partial charge on any atom is 0.307 e. The van der Waals surface area contributed by atoms with Crippen LogP contribution in [0.4, 0.5) is 5.69 Å². The van der Waals surface area contributed by atoms with Crippen molar-refractivity contribution < 1.29 is 14.7 Å². The van der Waals surface area contributed by atoms with Gasteiger partial charge in [0.2, 0.25) is 0 Å². The van der Waals surface area contributed by atoms with Crippen molar-refractivity contribution in [3.8, 4) is 0 Å². The van der Waals surface area contributed by atoms with Crippen LogP contribution < -0.4 is 5.32 Å². The molecule has 5 nitrogen and oxygen atoms in total. The first-order valence-corrected chi connectivity index (χ1v) is 6.65. The highest BCUT2D eigenvalue weighted by atomic mass is 35.5. The molecule has 0 unspecified atom stereocenters. The predicted molar refractivity (Wildman–Crippen MR) is 80.0 cm³/mol. The van der Waals surface area contributed by atoms with Crippen LogP contribution in [0.1, 0.15) is 15.9 Å². The van der Waals surface area contributed by atoms with E-state index < -0.39 is 11.9 Å². The van der Waals surface area contributed by atoms with Crippen LogP contribution >= 0.6 is 23.2 Å². The number of anilines is 1. The summed E-state index contributed by atoms with van der Waals surface area (Å²) >= 11 is 11.5. The Bertz CT molecular complexity index is 704. The molecule has 1 aromatic heterocycles. The molecule has 1 heterocycles. The van der Waals surface area contributed by atoms with Crippen molar-refractivity contribution in [1.82, 2.24) is 4.98 Å². The van der Waals surface area contributed by atoms with Gasteiger partial charge in [0.1, 0.15) is 10.3 Å². The summed E-state index contributed by atoms with van der Waals surface area (Å²) in [4.78, 5) is 26.5. The normalized spacial score (nSPS) is 10.2. The lowest BCUT2D eigenvalue weighted by Crippen LogP contribution is -2.13. The first kappa shape index (κ1) is 15.3. The van der Waals surface area contributed by atoms with Crippen LogP contribution in [0.25, 0.3) is 0 Å². The molecule has 0 aliphatic heterocycles. The van der Waals surface area contributed by atoms with Gasteiger partial charge in [-0.15, -0.1) is 0 Å². The second-order valence-electron chi connectivity index (χ2n) is 4.20. The second kappa shape index (κ2) is 6.56. The van der Waals surface area contributed by atoms with E-state index in [1.54, 1.807) is 24.3 Å². The lowest BCUT2D eigenvalue weighted by atomic mass is 10.1. The zero-order valence-corrected chi connectivity index (χ0v) is 12.1. The van der Waals surface area contributed by atoms with E-state index in [1.165, 1.54) is 12.1 Å². The maximum atomic E-state index is 12.1. The average molecular weight is 325 g/mol. The standard InChI is InChI=1S/C14H10Cl2N2O3/c15-11-5-4-10(13(16)18-11)14(21)17-9-3-1-2-8(6-9)7-12(19)20/h1-6H,7H2,(H,17,21)(H,19,20). The lowest BCUT2D eigenvalue weighted by Gasteiger charge is -2.07. The summed E-state index contributed by atoms with van der Waals surface area (Å²) in [5, 5.41) is 11.6. The summed E-state index contributed by atoms with van der Waals surface area (Å²) < 4.78 is 0. The third-order valence-electron chi connectivity index (χ3n) is 2.60. The van der Waals surface area contributed by atoms with Crippen molar-refractivity contribution in [3.05, 3.63) is 57.8 Å². The molecule has 0 aliphatic rings. The van der Waals surface area contributed by atoms with Crippen LogP contribution in [0.2, 0.25) is 10.3 Å². The second-order valence-corrected chi connectivity index (χ2v) is 4.94. The molecule has 0 aliphatic carbocycles. The summed E-state index contributed by atoms with van der Waals surface area (Å²) in [5.41, 5.74) is 1.25. The molecule has 0 saturated carbocycles. The first-order valence-electron chi connectivity index (χ1n) is 5.90. The molecular formula is C14H10Cl2N2O3. The highest BCUT2D eigenvalue weighted by Crippen LogP contribution is 2.19. The number of nitrogens with zero attached hydrogens (tertiary/aromatic N) is 1. The largest absolute Gasteiger partial charge is 0.481 e. The minimum atomic E-state index is -0.941. The Kier molecular flexibility index (Phi) is 4.77. The Morgan fingerprint density at radius 2 is 1.95 bits per heavy atom. The Morgan fingerprint density at radius 1 is 1.19 bits per heavy atom. The van der Waals surface area contributed by atoms with Gasteiger partial charge in [-0.2, -0.15) is 0 Å². The van der Waals surface area contributed by atoms with Gasteiger partial charge in [0.05, 0.1) is 12.0 Å². The summed E-state index contributed by atoms with van der Waals surface area (Å²) in [7, 11) is 0. The number of carbonyl (C=O) groups is 2. The number of nitrogens with one attached hydrogen (secondary N) is 1. The maximum absolute atomic E-state index is 12.1. The average Bonchev–Trinajstić information content (AvgIpc) is 2.37. The molecule has 0 spiro atoms. The molecule has 0 saturated heterocycles. The Hall–Kier alpha value is -2.11. The van der Waals surface area contributed by atoms with Crippen LogP contribution in [0, 0.1) is 0 Å². The number of aromatic nitrogens is 1. The van der Waals surface area contributed by atoms with Gasteiger partial charge in [0.25, 0.3) is 5.91 Å². The third kappa shape index (κ3) is 4.18. The van der Waals surface area contributed by atoms with Crippen LogP contribution in [-0.4, -0.2) is 22.0 Å². The smallest absolute Gasteiger partial charge is 0.307 e. The molecule has 0 bridgehead atoms. The van der Waals surface area contributed by atoms with Gasteiger partial charge in [-0.1, -0.05) is 35.3 Å². The van der Waals surface area contributed by atoms with E-state index in [0.717, 1.165) is 0 Å². The SMILES string of the molecule is O=C(O)Cc1cccc(NC(=O)c2ccc(Cl)nc2Cl)c1. The highest BCUT2D eigenvalue weighted by molar-refractivity contribution is 6.35. The van der Waals surface area contributed by atoms with E-state index in [9.17, 15) is 9.59 Å². The topological polar surface area (TPSA) is 79.3 Å². The summed E-state index contributed by atoms with van der Waals surface area (Å²) in [6.45, 7) is 0. The lowest BCUT2D eigenvalue weighted by molar-refractivity contribution is -0.136. The fourth-order valence-electron chi connectivity index (χ4n) is 1.71. The molecule has 0 atom stereocenters. The van der Waals surface area contributed by atoms with Crippen LogP contribution in [0.15, 0.2) is 36.4 Å². The monoisotopic (exact) mass is 324 g/mol. The van der Waals surface area contributed by atoms with Gasteiger partial charge < -0.3 is 10.4 Å². The van der Waals surface area contributed by atoms with Crippen molar-refractivity contribution >= 4 is 40.8 Å². The van der Waals surface area contributed by atoms with Gasteiger partial charge in [-0.3, -0.25) is 9.59 Å². The molecule has 2 rings (SSSR count). The number of benzene rings is 1. The van der Waals surface area contributed by atoms with Gasteiger partial charge in [-0.05, 0) is 29.8 Å².